The van der Waals surface area contributed by atoms with E-state index in [0.29, 0.717) is 30.6 Å². The van der Waals surface area contributed by atoms with Crippen LogP contribution in [0, 0.1) is 18.7 Å². The van der Waals surface area contributed by atoms with Crippen molar-refractivity contribution in [2.45, 2.75) is 32.6 Å². The molecule has 4 nitrogen and oxygen atoms in total. The van der Waals surface area contributed by atoms with Gasteiger partial charge in [-0.3, -0.25) is 9.59 Å². The van der Waals surface area contributed by atoms with Gasteiger partial charge in [-0.05, 0) is 49.8 Å². The lowest BCUT2D eigenvalue weighted by molar-refractivity contribution is -0.119. The summed E-state index contributed by atoms with van der Waals surface area (Å²) in [4.78, 5) is 25.1. The summed E-state index contributed by atoms with van der Waals surface area (Å²) in [5.41, 5.74) is 6.14. The number of hydrogen-bond acceptors (Lipinski definition) is 2. The molecule has 5 heteroatoms. The van der Waals surface area contributed by atoms with Crippen LogP contribution in [0.3, 0.4) is 0 Å². The van der Waals surface area contributed by atoms with Gasteiger partial charge in [-0.1, -0.05) is 6.07 Å². The summed E-state index contributed by atoms with van der Waals surface area (Å²) >= 11 is 0. The Kier molecular flexibility index (Phi) is 4.94. The van der Waals surface area contributed by atoms with Crippen LogP contribution in [0.4, 0.5) is 4.39 Å². The molecule has 1 aliphatic rings. The summed E-state index contributed by atoms with van der Waals surface area (Å²) in [6.07, 6.45) is 2.89. The molecule has 2 amide bonds. The maximum Gasteiger partial charge on any atom is 0.253 e. The van der Waals surface area contributed by atoms with Crippen molar-refractivity contribution in [3.05, 3.63) is 35.1 Å². The lowest BCUT2D eigenvalue weighted by Gasteiger charge is -2.21. The highest BCUT2D eigenvalue weighted by Gasteiger charge is 2.22. The zero-order valence-corrected chi connectivity index (χ0v) is 12.3. The minimum Gasteiger partial charge on any atom is -0.370 e. The number of primary amides is 1. The molecule has 0 aliphatic carbocycles. The van der Waals surface area contributed by atoms with Gasteiger partial charge >= 0.3 is 0 Å². The van der Waals surface area contributed by atoms with E-state index in [4.69, 9.17) is 5.73 Å². The molecule has 0 spiro atoms. The van der Waals surface area contributed by atoms with E-state index in [9.17, 15) is 14.0 Å². The van der Waals surface area contributed by atoms with Gasteiger partial charge in [-0.15, -0.1) is 0 Å². The topological polar surface area (TPSA) is 63.4 Å². The number of benzene rings is 1. The van der Waals surface area contributed by atoms with E-state index >= 15 is 0 Å². The van der Waals surface area contributed by atoms with Crippen molar-refractivity contribution in [1.29, 1.82) is 0 Å². The molecule has 0 radical (unpaired) electrons. The van der Waals surface area contributed by atoms with E-state index in [-0.39, 0.29) is 23.5 Å². The van der Waals surface area contributed by atoms with E-state index in [1.54, 1.807) is 24.0 Å². The highest BCUT2D eigenvalue weighted by molar-refractivity contribution is 5.94. The zero-order chi connectivity index (χ0) is 15.4. The molecular formula is C16H21FN2O2. The predicted molar refractivity (Wildman–Crippen MR) is 78.2 cm³/mol. The molecule has 1 aromatic carbocycles. The maximum atomic E-state index is 13.6. The summed E-state index contributed by atoms with van der Waals surface area (Å²) in [6.45, 7) is 2.90. The number of hydrogen-bond donors (Lipinski definition) is 1. The van der Waals surface area contributed by atoms with Crippen molar-refractivity contribution in [1.82, 2.24) is 4.90 Å². The smallest absolute Gasteiger partial charge is 0.253 e. The quantitative estimate of drug-likeness (QED) is 0.928. The molecule has 1 fully saturated rings. The highest BCUT2D eigenvalue weighted by atomic mass is 19.1. The standard InChI is InChI=1S/C16H21FN2O2/c1-11-4-5-13(10-14(11)17)16(21)19-7-2-3-12(6-8-19)9-15(18)20/h4-5,10,12H,2-3,6-9H2,1H3,(H2,18,20). The Labute approximate surface area is 124 Å². The van der Waals surface area contributed by atoms with Gasteiger partial charge in [0.1, 0.15) is 5.82 Å². The van der Waals surface area contributed by atoms with Gasteiger partial charge in [-0.2, -0.15) is 0 Å². The Bertz CT molecular complexity index is 545. The van der Waals surface area contributed by atoms with Gasteiger partial charge in [0.25, 0.3) is 5.91 Å². The van der Waals surface area contributed by atoms with Crippen molar-refractivity contribution in [2.24, 2.45) is 11.7 Å². The molecule has 1 atom stereocenters. The Morgan fingerprint density at radius 2 is 2.10 bits per heavy atom. The van der Waals surface area contributed by atoms with Crippen LogP contribution < -0.4 is 5.73 Å². The minimum absolute atomic E-state index is 0.145. The van der Waals surface area contributed by atoms with Crippen LogP contribution in [0.5, 0.6) is 0 Å². The van der Waals surface area contributed by atoms with Crippen molar-refractivity contribution in [2.75, 3.05) is 13.1 Å². The van der Waals surface area contributed by atoms with Crippen LogP contribution in [0.2, 0.25) is 0 Å². The highest BCUT2D eigenvalue weighted by Crippen LogP contribution is 2.22. The zero-order valence-electron chi connectivity index (χ0n) is 12.3. The second-order valence-corrected chi connectivity index (χ2v) is 5.72. The average Bonchev–Trinajstić information content (AvgIpc) is 2.66. The van der Waals surface area contributed by atoms with Crippen LogP contribution in [0.1, 0.15) is 41.6 Å². The van der Waals surface area contributed by atoms with Gasteiger partial charge in [0.2, 0.25) is 5.91 Å². The molecular weight excluding hydrogens is 271 g/mol. The third-order valence-electron chi connectivity index (χ3n) is 4.04. The maximum absolute atomic E-state index is 13.6. The van der Waals surface area contributed by atoms with Crippen molar-refractivity contribution in [3.63, 3.8) is 0 Å². The Morgan fingerprint density at radius 3 is 2.76 bits per heavy atom. The fourth-order valence-corrected chi connectivity index (χ4v) is 2.77. The van der Waals surface area contributed by atoms with E-state index in [1.165, 1.54) is 6.07 Å². The van der Waals surface area contributed by atoms with Gasteiger partial charge in [-0.25, -0.2) is 4.39 Å². The number of likely N-dealkylation sites (tertiary alicyclic amines) is 1. The van der Waals surface area contributed by atoms with Crippen LogP contribution in [-0.2, 0) is 4.79 Å². The summed E-state index contributed by atoms with van der Waals surface area (Å²) < 4.78 is 13.6. The minimum atomic E-state index is -0.359. The van der Waals surface area contributed by atoms with Gasteiger partial charge in [0.15, 0.2) is 0 Å². The molecule has 1 saturated heterocycles. The average molecular weight is 292 g/mol. The SMILES string of the molecule is Cc1ccc(C(=O)N2CCCC(CC(N)=O)CC2)cc1F. The Hall–Kier alpha value is -1.91. The van der Waals surface area contributed by atoms with Crippen molar-refractivity contribution < 1.29 is 14.0 Å². The Balaban J connectivity index is 2.02. The molecule has 1 aliphatic heterocycles. The molecule has 1 heterocycles. The molecule has 21 heavy (non-hydrogen) atoms. The lowest BCUT2D eigenvalue weighted by Crippen LogP contribution is -2.32. The molecule has 0 aromatic heterocycles. The third-order valence-corrected chi connectivity index (χ3v) is 4.04. The normalized spacial score (nSPS) is 19.1. The molecule has 114 valence electrons. The van der Waals surface area contributed by atoms with Gasteiger partial charge < -0.3 is 10.6 Å². The van der Waals surface area contributed by atoms with E-state index in [0.717, 1.165) is 19.3 Å². The van der Waals surface area contributed by atoms with Crippen LogP contribution >= 0.6 is 0 Å². The number of nitrogens with zero attached hydrogens (tertiary/aromatic N) is 1. The Morgan fingerprint density at radius 1 is 1.33 bits per heavy atom. The molecule has 0 bridgehead atoms. The number of carbonyl (C=O) groups is 2. The summed E-state index contributed by atoms with van der Waals surface area (Å²) in [5, 5.41) is 0. The number of rotatable bonds is 3. The van der Waals surface area contributed by atoms with Gasteiger partial charge in [0, 0.05) is 25.1 Å². The van der Waals surface area contributed by atoms with Crippen molar-refractivity contribution in [3.8, 4) is 0 Å². The monoisotopic (exact) mass is 292 g/mol. The van der Waals surface area contributed by atoms with Crippen LogP contribution in [0.25, 0.3) is 0 Å². The number of amides is 2. The van der Waals surface area contributed by atoms with Crippen LogP contribution in [0.15, 0.2) is 18.2 Å². The second-order valence-electron chi connectivity index (χ2n) is 5.72. The first-order valence-corrected chi connectivity index (χ1v) is 7.31. The fraction of sp³-hybridized carbons (Fsp3) is 0.500. The first kappa shape index (κ1) is 15.5. The van der Waals surface area contributed by atoms with E-state index in [1.807, 2.05) is 0 Å². The summed E-state index contributed by atoms with van der Waals surface area (Å²) in [5.74, 6) is -0.550. The number of halogens is 1. The third kappa shape index (κ3) is 4.03. The summed E-state index contributed by atoms with van der Waals surface area (Å²) in [6, 6.07) is 4.58. The number of carbonyl (C=O) groups excluding carboxylic acids is 2. The lowest BCUT2D eigenvalue weighted by atomic mass is 9.97. The largest absolute Gasteiger partial charge is 0.370 e. The molecule has 1 aromatic rings. The number of aryl methyl sites for hydroxylation is 1. The van der Waals surface area contributed by atoms with Crippen molar-refractivity contribution >= 4 is 11.8 Å². The van der Waals surface area contributed by atoms with Crippen LogP contribution in [-0.4, -0.2) is 29.8 Å². The first-order valence-electron chi connectivity index (χ1n) is 7.31. The molecule has 1 unspecified atom stereocenters. The molecule has 2 rings (SSSR count). The fourth-order valence-electron chi connectivity index (χ4n) is 2.77. The van der Waals surface area contributed by atoms with E-state index < -0.39 is 0 Å². The number of nitrogens with two attached hydrogens (primary N) is 1. The summed E-state index contributed by atoms with van der Waals surface area (Å²) in [7, 11) is 0. The van der Waals surface area contributed by atoms with E-state index in [2.05, 4.69) is 0 Å². The van der Waals surface area contributed by atoms with Gasteiger partial charge in [0.05, 0.1) is 0 Å². The molecule has 0 saturated carbocycles. The second kappa shape index (κ2) is 6.70. The molecule has 2 N–H and O–H groups in total. The predicted octanol–water partition coefficient (Wildman–Crippen LogP) is 2.25. The first-order chi connectivity index (χ1) is 9.97.